The van der Waals surface area contributed by atoms with E-state index in [4.69, 9.17) is 21.1 Å². The molecule has 0 radical (unpaired) electrons. The standard InChI is InChI=1S/C32H39ClN2O4S/c1-21-5-3-7-29(38-2)26-11-8-24(26)17-35-19-32(14-4-6-22-15-25(33)10-12-27(22)32)20-39-30-13-9-23(16-28(30)35)31(36)34-40(37)18-21/h3,7,9-10,12-13,15-16,21,24,26,29H,4-6,8,11,14,17-20H2,1-2H3,(H,34,36)/b7-3+/t21-,24-,26+,29-,32-,40?/m0/s1. The number of carbonyl (C=O) groups excluding carboxylic acids is 1. The number of aryl methyl sites for hydroxylation is 1. The topological polar surface area (TPSA) is 67.9 Å². The second-order valence-corrected chi connectivity index (χ2v) is 13.9. The molecular weight excluding hydrogens is 544 g/mol. The summed E-state index contributed by atoms with van der Waals surface area (Å²) < 4.78 is 28.1. The van der Waals surface area contributed by atoms with E-state index in [0.29, 0.717) is 29.8 Å². The van der Waals surface area contributed by atoms with Gasteiger partial charge in [0, 0.05) is 42.0 Å². The van der Waals surface area contributed by atoms with Crippen molar-refractivity contribution in [3.8, 4) is 5.75 Å². The first-order valence-electron chi connectivity index (χ1n) is 14.5. The predicted molar refractivity (Wildman–Crippen MR) is 161 cm³/mol. The smallest absolute Gasteiger partial charge is 0.263 e. The van der Waals surface area contributed by atoms with Gasteiger partial charge in [-0.2, -0.15) is 0 Å². The molecule has 2 aliphatic carbocycles. The molecule has 0 saturated heterocycles. The Morgan fingerprint density at radius 2 is 2.08 bits per heavy atom. The SMILES string of the molecule is CO[C@H]1/C=C/C[C@H](C)CS(=O)NC(=O)c2ccc3c(c2)N(C[C@@H]2CC[C@H]21)C[C@@]1(CCCc2cc(Cl)ccc21)CO3. The fourth-order valence-electron chi connectivity index (χ4n) is 7.16. The molecule has 1 N–H and O–H groups in total. The first kappa shape index (κ1) is 27.8. The first-order chi connectivity index (χ1) is 19.3. The van der Waals surface area contributed by atoms with E-state index in [1.54, 1.807) is 13.2 Å². The van der Waals surface area contributed by atoms with Gasteiger partial charge in [-0.3, -0.25) is 9.52 Å². The van der Waals surface area contributed by atoms with Crippen LogP contribution in [-0.2, 0) is 27.6 Å². The first-order valence-corrected chi connectivity index (χ1v) is 16.2. The monoisotopic (exact) mass is 582 g/mol. The number of nitrogens with zero attached hydrogens (tertiary/aromatic N) is 1. The average molecular weight is 583 g/mol. The second kappa shape index (κ2) is 11.5. The molecule has 40 heavy (non-hydrogen) atoms. The molecule has 6 rings (SSSR count). The second-order valence-electron chi connectivity index (χ2n) is 12.2. The van der Waals surface area contributed by atoms with Crippen molar-refractivity contribution in [2.75, 3.05) is 37.5 Å². The lowest BCUT2D eigenvalue weighted by Crippen LogP contribution is -2.49. The highest BCUT2D eigenvalue weighted by molar-refractivity contribution is 7.83. The lowest BCUT2D eigenvalue weighted by Gasteiger charge is -2.46. The lowest BCUT2D eigenvalue weighted by molar-refractivity contribution is 0.0131. The summed E-state index contributed by atoms with van der Waals surface area (Å²) in [6, 6.07) is 11.9. The van der Waals surface area contributed by atoms with Gasteiger partial charge in [-0.05, 0) is 97.7 Å². The fourth-order valence-corrected chi connectivity index (χ4v) is 8.42. The van der Waals surface area contributed by atoms with Crippen LogP contribution < -0.4 is 14.4 Å². The molecule has 4 aliphatic rings. The normalized spacial score (nSPS) is 33.0. The molecule has 2 aliphatic heterocycles. The van der Waals surface area contributed by atoms with Crippen LogP contribution in [0.4, 0.5) is 5.69 Å². The molecule has 214 valence electrons. The number of anilines is 1. The minimum Gasteiger partial charge on any atom is -0.490 e. The Balaban J connectivity index is 1.40. The zero-order valence-corrected chi connectivity index (χ0v) is 24.9. The summed E-state index contributed by atoms with van der Waals surface area (Å²) in [4.78, 5) is 15.7. The Kier molecular flexibility index (Phi) is 7.99. The summed E-state index contributed by atoms with van der Waals surface area (Å²) in [5.41, 5.74) is 3.91. The molecule has 8 heteroatoms. The summed E-state index contributed by atoms with van der Waals surface area (Å²) in [6.07, 6.45) is 10.7. The van der Waals surface area contributed by atoms with Crippen LogP contribution in [0.3, 0.4) is 0 Å². The highest BCUT2D eigenvalue weighted by Gasteiger charge is 2.44. The minimum absolute atomic E-state index is 0.0598. The van der Waals surface area contributed by atoms with Gasteiger partial charge in [0.05, 0.1) is 18.4 Å². The van der Waals surface area contributed by atoms with Crippen molar-refractivity contribution in [2.45, 2.75) is 57.0 Å². The van der Waals surface area contributed by atoms with E-state index in [1.807, 2.05) is 18.2 Å². The Bertz CT molecular complexity index is 1330. The number of hydrogen-bond acceptors (Lipinski definition) is 5. The number of carbonyl (C=O) groups is 1. The quantitative estimate of drug-likeness (QED) is 0.428. The van der Waals surface area contributed by atoms with Crippen molar-refractivity contribution in [1.29, 1.82) is 0 Å². The highest BCUT2D eigenvalue weighted by Crippen LogP contribution is 2.47. The summed E-state index contributed by atoms with van der Waals surface area (Å²) in [5, 5.41) is 0.775. The molecule has 1 amide bonds. The van der Waals surface area contributed by atoms with Gasteiger partial charge in [0.1, 0.15) is 16.7 Å². The summed E-state index contributed by atoms with van der Waals surface area (Å²) >= 11 is 6.41. The van der Waals surface area contributed by atoms with Crippen LogP contribution in [0.1, 0.15) is 60.5 Å². The molecule has 6 nitrogen and oxygen atoms in total. The van der Waals surface area contributed by atoms with E-state index in [9.17, 15) is 9.00 Å². The van der Waals surface area contributed by atoms with E-state index < -0.39 is 11.0 Å². The van der Waals surface area contributed by atoms with E-state index in [0.717, 1.165) is 68.1 Å². The van der Waals surface area contributed by atoms with Gasteiger partial charge >= 0.3 is 0 Å². The van der Waals surface area contributed by atoms with E-state index in [1.165, 1.54) is 11.1 Å². The Morgan fingerprint density at radius 3 is 2.88 bits per heavy atom. The van der Waals surface area contributed by atoms with Crippen LogP contribution in [0.15, 0.2) is 48.6 Å². The molecule has 2 bridgehead atoms. The van der Waals surface area contributed by atoms with Gasteiger partial charge in [0.2, 0.25) is 0 Å². The zero-order chi connectivity index (χ0) is 27.9. The molecule has 6 atom stereocenters. The average Bonchev–Trinajstić information content (AvgIpc) is 3.06. The summed E-state index contributed by atoms with van der Waals surface area (Å²) in [6.45, 7) is 4.32. The van der Waals surface area contributed by atoms with Crippen LogP contribution in [-0.4, -0.2) is 48.8 Å². The molecule has 2 heterocycles. The van der Waals surface area contributed by atoms with Crippen molar-refractivity contribution < 1.29 is 18.5 Å². The van der Waals surface area contributed by atoms with Crippen molar-refractivity contribution >= 4 is 34.2 Å². The molecule has 1 saturated carbocycles. The molecular formula is C32H39ClN2O4S. The maximum Gasteiger partial charge on any atom is 0.263 e. The number of ether oxygens (including phenoxy) is 2. The number of fused-ring (bicyclic) bond motifs is 4. The van der Waals surface area contributed by atoms with Crippen molar-refractivity contribution in [1.82, 2.24) is 4.72 Å². The number of rotatable bonds is 1. The third-order valence-electron chi connectivity index (χ3n) is 9.43. The molecule has 2 aromatic rings. The number of hydrogen-bond donors (Lipinski definition) is 1. The van der Waals surface area contributed by atoms with Gasteiger partial charge in [0.25, 0.3) is 5.91 Å². The van der Waals surface area contributed by atoms with Crippen molar-refractivity contribution in [3.63, 3.8) is 0 Å². The Morgan fingerprint density at radius 1 is 1.20 bits per heavy atom. The van der Waals surface area contributed by atoms with Crippen molar-refractivity contribution in [3.05, 3.63) is 70.3 Å². The fraction of sp³-hybridized carbons (Fsp3) is 0.531. The number of nitrogens with one attached hydrogen (secondary N) is 1. The third-order valence-corrected chi connectivity index (χ3v) is 11.0. The molecule has 0 aromatic heterocycles. The Hall–Kier alpha value is -2.35. The molecule has 2 aromatic carbocycles. The van der Waals surface area contributed by atoms with E-state index in [2.05, 4.69) is 40.8 Å². The van der Waals surface area contributed by atoms with Gasteiger partial charge in [-0.25, -0.2) is 4.21 Å². The lowest BCUT2D eigenvalue weighted by atomic mass is 9.68. The Labute approximate surface area is 245 Å². The van der Waals surface area contributed by atoms with E-state index in [-0.39, 0.29) is 23.3 Å². The van der Waals surface area contributed by atoms with Crippen LogP contribution in [0, 0.1) is 17.8 Å². The van der Waals surface area contributed by atoms with E-state index >= 15 is 0 Å². The van der Waals surface area contributed by atoms with Crippen LogP contribution >= 0.6 is 11.6 Å². The van der Waals surface area contributed by atoms with Crippen LogP contribution in [0.25, 0.3) is 0 Å². The predicted octanol–water partition coefficient (Wildman–Crippen LogP) is 5.84. The molecule has 1 unspecified atom stereocenters. The number of allylic oxidation sites excluding steroid dienone is 1. The number of benzene rings is 2. The molecule has 1 fully saturated rings. The number of amides is 1. The minimum atomic E-state index is -1.46. The summed E-state index contributed by atoms with van der Waals surface area (Å²) in [5.74, 6) is 1.98. The van der Waals surface area contributed by atoms with Crippen LogP contribution in [0.2, 0.25) is 5.02 Å². The van der Waals surface area contributed by atoms with Crippen molar-refractivity contribution in [2.24, 2.45) is 17.8 Å². The number of halogens is 1. The number of methoxy groups -OCH3 is 1. The van der Waals surface area contributed by atoms with Gasteiger partial charge in [0.15, 0.2) is 0 Å². The third kappa shape index (κ3) is 5.45. The zero-order valence-electron chi connectivity index (χ0n) is 23.4. The van der Waals surface area contributed by atoms with Gasteiger partial charge in [-0.1, -0.05) is 36.7 Å². The maximum absolute atomic E-state index is 13.2. The highest BCUT2D eigenvalue weighted by atomic mass is 35.5. The van der Waals surface area contributed by atoms with Gasteiger partial charge in [-0.15, -0.1) is 0 Å². The largest absolute Gasteiger partial charge is 0.490 e. The molecule has 1 spiro atoms. The maximum atomic E-state index is 13.2. The summed E-state index contributed by atoms with van der Waals surface area (Å²) in [7, 11) is 0.347. The van der Waals surface area contributed by atoms with Gasteiger partial charge < -0.3 is 14.4 Å². The van der Waals surface area contributed by atoms with Crippen LogP contribution in [0.5, 0.6) is 5.75 Å².